The van der Waals surface area contributed by atoms with E-state index in [9.17, 15) is 9.18 Å². The second-order valence-electron chi connectivity index (χ2n) is 6.23. The highest BCUT2D eigenvalue weighted by atomic mass is 79.9. The summed E-state index contributed by atoms with van der Waals surface area (Å²) in [7, 11) is 5.71. The van der Waals surface area contributed by atoms with Gasteiger partial charge in [0.1, 0.15) is 5.82 Å². The Labute approximate surface area is 148 Å². The third-order valence-corrected chi connectivity index (χ3v) is 5.13. The predicted octanol–water partition coefficient (Wildman–Crippen LogP) is 1.89. The smallest absolute Gasteiger partial charge is 0.293 e. The van der Waals surface area contributed by atoms with E-state index in [0.29, 0.717) is 17.8 Å². The van der Waals surface area contributed by atoms with Gasteiger partial charge in [-0.15, -0.1) is 5.10 Å². The SMILES string of the molecule is CN(C)[C@@H]1CN(C(=O)c2nc(Br)n(C)n2)C[C@H]1c1ccc(F)cc1. The molecule has 2 aromatic rings. The molecule has 0 radical (unpaired) electrons. The molecule has 1 saturated heterocycles. The second kappa shape index (κ2) is 6.60. The van der Waals surface area contributed by atoms with Crippen molar-refractivity contribution in [3.63, 3.8) is 0 Å². The number of likely N-dealkylation sites (tertiary alicyclic amines) is 1. The van der Waals surface area contributed by atoms with Gasteiger partial charge in [-0.3, -0.25) is 4.79 Å². The molecule has 1 aliphatic rings. The Morgan fingerprint density at radius 1 is 1.29 bits per heavy atom. The van der Waals surface area contributed by atoms with Crippen molar-refractivity contribution in [2.75, 3.05) is 27.2 Å². The number of benzene rings is 1. The van der Waals surface area contributed by atoms with Crippen molar-refractivity contribution < 1.29 is 9.18 Å². The summed E-state index contributed by atoms with van der Waals surface area (Å²) < 4.78 is 15.2. The summed E-state index contributed by atoms with van der Waals surface area (Å²) in [6.45, 7) is 1.15. The molecule has 1 aromatic heterocycles. The topological polar surface area (TPSA) is 54.3 Å². The van der Waals surface area contributed by atoms with E-state index in [1.807, 2.05) is 14.1 Å². The van der Waals surface area contributed by atoms with Crippen molar-refractivity contribution in [2.24, 2.45) is 7.05 Å². The number of aryl methyl sites for hydroxylation is 1. The van der Waals surface area contributed by atoms with Crippen LogP contribution in [0.25, 0.3) is 0 Å². The van der Waals surface area contributed by atoms with Crippen LogP contribution in [0.2, 0.25) is 0 Å². The third kappa shape index (κ3) is 3.21. The van der Waals surface area contributed by atoms with Gasteiger partial charge in [0.05, 0.1) is 0 Å². The summed E-state index contributed by atoms with van der Waals surface area (Å²) in [6, 6.07) is 6.67. The van der Waals surface area contributed by atoms with Crippen LogP contribution in [0.5, 0.6) is 0 Å². The molecule has 0 aliphatic carbocycles. The van der Waals surface area contributed by atoms with Gasteiger partial charge in [-0.05, 0) is 47.7 Å². The second-order valence-corrected chi connectivity index (χ2v) is 6.94. The standard InChI is InChI=1S/C16H19BrFN5O/c1-21(2)13-9-23(15(24)14-19-16(17)22(3)20-14)8-12(13)10-4-6-11(18)7-5-10/h4-7,12-13H,8-9H2,1-3H3/t12-,13+/m0/s1. The van der Waals surface area contributed by atoms with E-state index in [4.69, 9.17) is 0 Å². The fraction of sp³-hybridized carbons (Fsp3) is 0.438. The molecule has 1 amide bonds. The number of aromatic nitrogens is 3. The largest absolute Gasteiger partial charge is 0.334 e. The molecule has 6 nitrogen and oxygen atoms in total. The lowest BCUT2D eigenvalue weighted by Crippen LogP contribution is -2.36. The van der Waals surface area contributed by atoms with Crippen LogP contribution < -0.4 is 0 Å². The molecule has 128 valence electrons. The lowest BCUT2D eigenvalue weighted by molar-refractivity contribution is 0.0770. The molecule has 0 bridgehead atoms. The van der Waals surface area contributed by atoms with Crippen LogP contribution in [0.4, 0.5) is 4.39 Å². The molecule has 0 N–H and O–H groups in total. The maximum atomic E-state index is 13.2. The molecule has 2 atom stereocenters. The molecular formula is C16H19BrFN5O. The highest BCUT2D eigenvalue weighted by Crippen LogP contribution is 2.31. The Morgan fingerprint density at radius 2 is 1.96 bits per heavy atom. The van der Waals surface area contributed by atoms with Crippen molar-refractivity contribution in [1.29, 1.82) is 0 Å². The van der Waals surface area contributed by atoms with Crippen LogP contribution in [0, 0.1) is 5.82 Å². The number of likely N-dealkylation sites (N-methyl/N-ethyl adjacent to an activating group) is 1. The molecule has 1 aromatic carbocycles. The number of nitrogens with zero attached hydrogens (tertiary/aromatic N) is 5. The Balaban J connectivity index is 1.84. The number of rotatable bonds is 3. The van der Waals surface area contributed by atoms with Crippen molar-refractivity contribution in [3.8, 4) is 0 Å². The van der Waals surface area contributed by atoms with Crippen molar-refractivity contribution >= 4 is 21.8 Å². The maximum Gasteiger partial charge on any atom is 0.293 e. The first kappa shape index (κ1) is 17.0. The van der Waals surface area contributed by atoms with E-state index >= 15 is 0 Å². The first-order chi connectivity index (χ1) is 11.4. The van der Waals surface area contributed by atoms with E-state index in [1.54, 1.807) is 24.1 Å². The zero-order chi connectivity index (χ0) is 17.4. The fourth-order valence-corrected chi connectivity index (χ4v) is 3.36. The molecule has 1 fully saturated rings. The first-order valence-electron chi connectivity index (χ1n) is 7.64. The molecular weight excluding hydrogens is 377 g/mol. The van der Waals surface area contributed by atoms with E-state index in [-0.39, 0.29) is 29.5 Å². The summed E-state index contributed by atoms with van der Waals surface area (Å²) in [5, 5.41) is 4.14. The van der Waals surface area contributed by atoms with Crippen LogP contribution in [0.15, 0.2) is 29.0 Å². The molecule has 3 rings (SSSR count). The van der Waals surface area contributed by atoms with E-state index < -0.39 is 0 Å². The summed E-state index contributed by atoms with van der Waals surface area (Å²) in [5.41, 5.74) is 1.03. The summed E-state index contributed by atoms with van der Waals surface area (Å²) in [4.78, 5) is 20.7. The minimum absolute atomic E-state index is 0.122. The zero-order valence-electron chi connectivity index (χ0n) is 13.8. The van der Waals surface area contributed by atoms with Crippen molar-refractivity contribution in [3.05, 3.63) is 46.2 Å². The highest BCUT2D eigenvalue weighted by Gasteiger charge is 2.38. The van der Waals surface area contributed by atoms with Gasteiger partial charge in [-0.1, -0.05) is 12.1 Å². The summed E-state index contributed by atoms with van der Waals surface area (Å²) in [5.74, 6) is -0.139. The number of hydrogen-bond acceptors (Lipinski definition) is 4. The third-order valence-electron chi connectivity index (χ3n) is 4.44. The van der Waals surface area contributed by atoms with E-state index in [2.05, 4.69) is 30.9 Å². The Hall–Kier alpha value is -1.80. The fourth-order valence-electron chi connectivity index (χ4n) is 3.11. The summed E-state index contributed by atoms with van der Waals surface area (Å²) >= 11 is 3.26. The Morgan fingerprint density at radius 3 is 2.50 bits per heavy atom. The van der Waals surface area contributed by atoms with Crippen molar-refractivity contribution in [1.82, 2.24) is 24.6 Å². The normalized spacial score (nSPS) is 20.8. The predicted molar refractivity (Wildman–Crippen MR) is 91.2 cm³/mol. The summed E-state index contributed by atoms with van der Waals surface area (Å²) in [6.07, 6.45) is 0. The average Bonchev–Trinajstić information content (AvgIpc) is 3.12. The van der Waals surface area contributed by atoms with E-state index in [0.717, 1.165) is 5.56 Å². The lowest BCUT2D eigenvalue weighted by Gasteiger charge is -2.25. The average molecular weight is 396 g/mol. The molecule has 1 aliphatic heterocycles. The zero-order valence-corrected chi connectivity index (χ0v) is 15.4. The quantitative estimate of drug-likeness (QED) is 0.795. The van der Waals surface area contributed by atoms with E-state index in [1.165, 1.54) is 16.8 Å². The molecule has 2 heterocycles. The monoisotopic (exact) mass is 395 g/mol. The van der Waals surface area contributed by atoms with Crippen LogP contribution >= 0.6 is 15.9 Å². The lowest BCUT2D eigenvalue weighted by atomic mass is 9.94. The number of halogens is 2. The number of carbonyl (C=O) groups excluding carboxylic acids is 1. The van der Waals surface area contributed by atoms with Crippen molar-refractivity contribution in [2.45, 2.75) is 12.0 Å². The molecule has 0 spiro atoms. The molecule has 24 heavy (non-hydrogen) atoms. The number of hydrogen-bond donors (Lipinski definition) is 0. The first-order valence-corrected chi connectivity index (χ1v) is 8.44. The number of carbonyl (C=O) groups is 1. The van der Waals surface area contributed by atoms with Crippen LogP contribution in [-0.2, 0) is 7.05 Å². The van der Waals surface area contributed by atoms with Gasteiger partial charge in [0.2, 0.25) is 5.82 Å². The van der Waals surface area contributed by atoms with Crippen LogP contribution in [-0.4, -0.2) is 63.7 Å². The van der Waals surface area contributed by atoms with Gasteiger partial charge in [-0.2, -0.15) is 4.98 Å². The molecule has 0 saturated carbocycles. The minimum Gasteiger partial charge on any atom is -0.334 e. The molecule has 0 unspecified atom stereocenters. The highest BCUT2D eigenvalue weighted by molar-refractivity contribution is 9.10. The van der Waals surface area contributed by atoms with Gasteiger partial charge in [0.15, 0.2) is 4.73 Å². The Kier molecular flexibility index (Phi) is 4.69. The number of amides is 1. The Bertz CT molecular complexity index is 726. The van der Waals surface area contributed by atoms with Gasteiger partial charge in [0.25, 0.3) is 5.91 Å². The van der Waals surface area contributed by atoms with Gasteiger partial charge in [-0.25, -0.2) is 9.07 Å². The van der Waals surface area contributed by atoms with Gasteiger partial charge >= 0.3 is 0 Å². The molecule has 8 heteroatoms. The maximum absolute atomic E-state index is 13.2. The van der Waals surface area contributed by atoms with Gasteiger partial charge < -0.3 is 9.80 Å². The van der Waals surface area contributed by atoms with Gasteiger partial charge in [0, 0.05) is 32.1 Å². The van der Waals surface area contributed by atoms with Crippen LogP contribution in [0.3, 0.4) is 0 Å². The van der Waals surface area contributed by atoms with Crippen LogP contribution in [0.1, 0.15) is 22.1 Å². The minimum atomic E-state index is -0.256.